The standard InChI is InChI=1S/C19H18N2O7S2/c1-27-14(23)7-8-29-12-10-30-18-15(17(24)21(18)16(12)19(25)26)20-13(22)9-28-11-5-3-2-4-6-11/h2-8,15,18H,9-10H2,1H3,(H,20,22)(H,25,26)/t15-,18+/m1/s1. The first-order valence-corrected chi connectivity index (χ1v) is 10.6. The molecule has 9 nitrogen and oxygen atoms in total. The Labute approximate surface area is 180 Å². The summed E-state index contributed by atoms with van der Waals surface area (Å²) in [5, 5.41) is 13.1. The van der Waals surface area contributed by atoms with E-state index in [2.05, 4.69) is 10.1 Å². The second kappa shape index (κ2) is 9.72. The van der Waals surface area contributed by atoms with Gasteiger partial charge in [-0.3, -0.25) is 14.5 Å². The molecule has 2 heterocycles. The SMILES string of the molecule is COC(=O)C=CSC1=C(C(=O)O)N2C(=O)[C@@H](NC(=O)COc3ccccc3)[C@@H]2SC1. The largest absolute Gasteiger partial charge is 0.484 e. The summed E-state index contributed by atoms with van der Waals surface area (Å²) in [6.07, 6.45) is 1.17. The third kappa shape index (κ3) is 4.79. The number of ether oxygens (including phenoxy) is 2. The molecule has 1 saturated heterocycles. The third-order valence-corrected chi connectivity index (χ3v) is 6.54. The minimum atomic E-state index is -1.25. The fourth-order valence-corrected chi connectivity index (χ4v) is 5.11. The van der Waals surface area contributed by atoms with Crippen LogP contribution in [0.5, 0.6) is 5.75 Å². The van der Waals surface area contributed by atoms with Gasteiger partial charge in [0.15, 0.2) is 6.61 Å². The van der Waals surface area contributed by atoms with Crippen molar-refractivity contribution in [3.63, 3.8) is 0 Å². The van der Waals surface area contributed by atoms with E-state index in [-0.39, 0.29) is 12.3 Å². The lowest BCUT2D eigenvalue weighted by atomic mass is 10.1. The molecule has 2 atom stereocenters. The van der Waals surface area contributed by atoms with E-state index < -0.39 is 35.2 Å². The second-order valence-corrected chi connectivity index (χ2v) is 8.18. The molecule has 2 aliphatic heterocycles. The minimum absolute atomic E-state index is 0.144. The summed E-state index contributed by atoms with van der Waals surface area (Å²) < 4.78 is 9.85. The number of methoxy groups -OCH3 is 1. The molecule has 0 spiro atoms. The predicted molar refractivity (Wildman–Crippen MR) is 110 cm³/mol. The summed E-state index contributed by atoms with van der Waals surface area (Å²) >= 11 is 2.37. The number of nitrogens with zero attached hydrogens (tertiary/aromatic N) is 1. The van der Waals surface area contributed by atoms with Crippen LogP contribution in [0.4, 0.5) is 0 Å². The number of fused-ring (bicyclic) bond motifs is 1. The van der Waals surface area contributed by atoms with Crippen LogP contribution in [-0.2, 0) is 23.9 Å². The molecular formula is C19H18N2O7S2. The van der Waals surface area contributed by atoms with Crippen LogP contribution < -0.4 is 10.1 Å². The first-order valence-electron chi connectivity index (χ1n) is 8.72. The molecule has 0 bridgehead atoms. The van der Waals surface area contributed by atoms with Crippen molar-refractivity contribution in [2.24, 2.45) is 0 Å². The van der Waals surface area contributed by atoms with Crippen molar-refractivity contribution in [3.05, 3.63) is 52.4 Å². The molecule has 30 heavy (non-hydrogen) atoms. The number of hydrogen-bond acceptors (Lipinski definition) is 8. The van der Waals surface area contributed by atoms with Crippen LogP contribution in [0.1, 0.15) is 0 Å². The molecule has 0 saturated carbocycles. The van der Waals surface area contributed by atoms with E-state index in [4.69, 9.17) is 4.74 Å². The average molecular weight is 450 g/mol. The quantitative estimate of drug-likeness (QED) is 0.341. The fourth-order valence-electron chi connectivity index (χ4n) is 2.80. The number of rotatable bonds is 8. The number of nitrogens with one attached hydrogen (secondary N) is 1. The highest BCUT2D eigenvalue weighted by Gasteiger charge is 2.54. The van der Waals surface area contributed by atoms with E-state index in [1.807, 2.05) is 6.07 Å². The van der Waals surface area contributed by atoms with E-state index >= 15 is 0 Å². The van der Waals surface area contributed by atoms with Gasteiger partial charge in [0.1, 0.15) is 22.9 Å². The van der Waals surface area contributed by atoms with Crippen LogP contribution in [0.3, 0.4) is 0 Å². The molecule has 1 fully saturated rings. The molecule has 2 amide bonds. The monoisotopic (exact) mass is 450 g/mol. The molecule has 11 heteroatoms. The van der Waals surface area contributed by atoms with Gasteiger partial charge in [-0.25, -0.2) is 9.59 Å². The average Bonchev–Trinajstić information content (AvgIpc) is 2.75. The Kier molecular flexibility index (Phi) is 7.06. The van der Waals surface area contributed by atoms with Crippen LogP contribution in [0, 0.1) is 0 Å². The number of carbonyl (C=O) groups excluding carboxylic acids is 3. The van der Waals surface area contributed by atoms with Gasteiger partial charge in [-0.1, -0.05) is 30.0 Å². The number of carbonyl (C=O) groups is 4. The highest BCUT2D eigenvalue weighted by molar-refractivity contribution is 8.08. The second-order valence-electron chi connectivity index (χ2n) is 6.08. The van der Waals surface area contributed by atoms with Gasteiger partial charge in [-0.15, -0.1) is 11.8 Å². The molecule has 0 radical (unpaired) electrons. The van der Waals surface area contributed by atoms with Gasteiger partial charge in [0.05, 0.1) is 7.11 Å². The predicted octanol–water partition coefficient (Wildman–Crippen LogP) is 1.18. The lowest BCUT2D eigenvalue weighted by Crippen LogP contribution is -2.70. The first kappa shape index (κ1) is 21.8. The van der Waals surface area contributed by atoms with Gasteiger partial charge in [0.2, 0.25) is 0 Å². The summed E-state index contributed by atoms with van der Waals surface area (Å²) in [6, 6.07) is 7.95. The third-order valence-electron chi connectivity index (χ3n) is 4.18. The molecule has 0 aromatic heterocycles. The number of β-lactam (4-membered cyclic amide) rings is 1. The zero-order valence-electron chi connectivity index (χ0n) is 15.8. The van der Waals surface area contributed by atoms with Gasteiger partial charge in [0, 0.05) is 16.7 Å². The van der Waals surface area contributed by atoms with Gasteiger partial charge in [0.25, 0.3) is 11.8 Å². The van der Waals surface area contributed by atoms with E-state index in [0.717, 1.165) is 16.7 Å². The lowest BCUT2D eigenvalue weighted by Gasteiger charge is -2.49. The Balaban J connectivity index is 1.62. The van der Waals surface area contributed by atoms with Crippen molar-refractivity contribution in [1.29, 1.82) is 0 Å². The lowest BCUT2D eigenvalue weighted by molar-refractivity contribution is -0.150. The number of esters is 1. The molecule has 1 aromatic rings. The van der Waals surface area contributed by atoms with Crippen LogP contribution in [0.25, 0.3) is 0 Å². The van der Waals surface area contributed by atoms with Gasteiger partial charge >= 0.3 is 11.9 Å². The highest BCUT2D eigenvalue weighted by Crippen LogP contribution is 2.43. The fraction of sp³-hybridized carbons (Fsp3) is 0.263. The summed E-state index contributed by atoms with van der Waals surface area (Å²) in [7, 11) is 1.23. The number of amides is 2. The van der Waals surface area contributed by atoms with Crippen LogP contribution in [0.2, 0.25) is 0 Å². The highest BCUT2D eigenvalue weighted by atomic mass is 32.2. The van der Waals surface area contributed by atoms with E-state index in [0.29, 0.717) is 16.4 Å². The molecule has 3 rings (SSSR count). The Morgan fingerprint density at radius 1 is 1.33 bits per heavy atom. The van der Waals surface area contributed by atoms with Crippen LogP contribution in [-0.4, -0.2) is 64.6 Å². The normalized spacial score (nSPS) is 20.4. The zero-order valence-corrected chi connectivity index (χ0v) is 17.4. The maximum Gasteiger partial charge on any atom is 0.353 e. The summed E-state index contributed by atoms with van der Waals surface area (Å²) in [4.78, 5) is 49.2. The first-order chi connectivity index (χ1) is 14.4. The maximum atomic E-state index is 12.6. The smallest absolute Gasteiger partial charge is 0.353 e. The molecule has 2 N–H and O–H groups in total. The van der Waals surface area contributed by atoms with E-state index in [1.54, 1.807) is 24.3 Å². The van der Waals surface area contributed by atoms with Crippen molar-refractivity contribution in [2.75, 3.05) is 19.5 Å². The van der Waals surface area contributed by atoms with Crippen molar-refractivity contribution in [1.82, 2.24) is 10.2 Å². The molecule has 0 aliphatic carbocycles. The maximum absolute atomic E-state index is 12.6. The molecule has 1 aromatic carbocycles. The van der Waals surface area contributed by atoms with Crippen molar-refractivity contribution >= 4 is 47.3 Å². The number of para-hydroxylation sites is 1. The van der Waals surface area contributed by atoms with Crippen LogP contribution in [0.15, 0.2) is 52.4 Å². The molecule has 0 unspecified atom stereocenters. The number of carboxylic acids is 1. The Morgan fingerprint density at radius 2 is 2.07 bits per heavy atom. The Morgan fingerprint density at radius 3 is 2.73 bits per heavy atom. The summed E-state index contributed by atoms with van der Waals surface area (Å²) in [6.45, 7) is -0.258. The summed E-state index contributed by atoms with van der Waals surface area (Å²) in [5.41, 5.74) is -0.144. The Bertz CT molecular complexity index is 917. The molecular weight excluding hydrogens is 432 g/mol. The van der Waals surface area contributed by atoms with Gasteiger partial charge in [-0.2, -0.15) is 0 Å². The number of aliphatic carboxylic acids is 1. The molecule has 2 aliphatic rings. The van der Waals surface area contributed by atoms with Gasteiger partial charge in [-0.05, 0) is 17.5 Å². The number of benzene rings is 1. The molecule has 158 valence electrons. The minimum Gasteiger partial charge on any atom is -0.484 e. The summed E-state index contributed by atoms with van der Waals surface area (Å²) in [5.74, 6) is -1.95. The van der Waals surface area contributed by atoms with E-state index in [1.165, 1.54) is 30.4 Å². The Hall–Kier alpha value is -2.92. The topological polar surface area (TPSA) is 122 Å². The zero-order chi connectivity index (χ0) is 21.7. The van der Waals surface area contributed by atoms with Crippen molar-refractivity contribution in [2.45, 2.75) is 11.4 Å². The van der Waals surface area contributed by atoms with Gasteiger partial charge < -0.3 is 19.9 Å². The number of hydrogen-bond donors (Lipinski definition) is 2. The van der Waals surface area contributed by atoms with Crippen molar-refractivity contribution < 1.29 is 33.8 Å². The number of thioether (sulfide) groups is 2. The number of carboxylic acid groups (broad SMARTS) is 1. The van der Waals surface area contributed by atoms with E-state index in [9.17, 15) is 24.3 Å². The van der Waals surface area contributed by atoms with Crippen molar-refractivity contribution in [3.8, 4) is 5.75 Å². The van der Waals surface area contributed by atoms with Crippen LogP contribution >= 0.6 is 23.5 Å².